The number of likely N-dealkylation sites (tertiary alicyclic amines) is 1. The highest BCUT2D eigenvalue weighted by molar-refractivity contribution is 7.93. The third-order valence-corrected chi connectivity index (χ3v) is 8.62. The molecule has 3 heterocycles. The van der Waals surface area contributed by atoms with Crippen LogP contribution in [-0.4, -0.2) is 43.4 Å². The Morgan fingerprint density at radius 3 is 2.27 bits per heavy atom. The van der Waals surface area contributed by atoms with Crippen molar-refractivity contribution in [3.63, 3.8) is 0 Å². The fraction of sp³-hybridized carbons (Fsp3) is 0.522. The van der Waals surface area contributed by atoms with Crippen molar-refractivity contribution in [3.05, 3.63) is 46.8 Å². The molecule has 6 nitrogen and oxygen atoms in total. The Bertz CT molecular complexity index is 1060. The number of benzene rings is 1. The maximum atomic E-state index is 14.0. The van der Waals surface area contributed by atoms with Gasteiger partial charge in [0.2, 0.25) is 0 Å². The number of carbonyl (C=O) groups excluding carboxylic acids is 1. The third-order valence-electron chi connectivity index (χ3n) is 6.65. The van der Waals surface area contributed by atoms with Crippen LogP contribution in [-0.2, 0) is 23.5 Å². The lowest BCUT2D eigenvalue weighted by atomic mass is 10.0. The van der Waals surface area contributed by atoms with Gasteiger partial charge in [-0.1, -0.05) is 31.0 Å². The zero-order chi connectivity index (χ0) is 21.5. The lowest BCUT2D eigenvalue weighted by Crippen LogP contribution is -2.38. The summed E-state index contributed by atoms with van der Waals surface area (Å²) in [6.45, 7) is 5.47. The van der Waals surface area contributed by atoms with E-state index in [9.17, 15) is 13.2 Å². The van der Waals surface area contributed by atoms with Crippen molar-refractivity contribution in [2.45, 2.75) is 57.3 Å². The smallest absolute Gasteiger partial charge is 0.266 e. The standard InChI is InChI=1S/C23H31N3O3S/c1-17-21(23(27)25-14-8-4-5-9-15-25)22(18(2)24(17)3)30(28,29)26-16-10-12-19-11-6-7-13-20(19)26/h6-7,11,13H,4-5,8-10,12,14-16H2,1-3H3. The molecule has 1 fully saturated rings. The van der Waals surface area contributed by atoms with Crippen LogP contribution < -0.4 is 4.31 Å². The molecule has 0 unspecified atom stereocenters. The van der Waals surface area contributed by atoms with E-state index in [0.717, 1.165) is 49.8 Å². The Morgan fingerprint density at radius 1 is 0.900 bits per heavy atom. The molecule has 0 saturated carbocycles. The van der Waals surface area contributed by atoms with Gasteiger partial charge in [-0.2, -0.15) is 0 Å². The van der Waals surface area contributed by atoms with Gasteiger partial charge in [-0.3, -0.25) is 9.10 Å². The van der Waals surface area contributed by atoms with Gasteiger partial charge in [0.25, 0.3) is 15.9 Å². The van der Waals surface area contributed by atoms with Crippen LogP contribution in [0.25, 0.3) is 0 Å². The lowest BCUT2D eigenvalue weighted by Gasteiger charge is -2.31. The maximum absolute atomic E-state index is 14.0. The number of aryl methyl sites for hydroxylation is 1. The summed E-state index contributed by atoms with van der Waals surface area (Å²) in [6, 6.07) is 7.68. The molecule has 0 bridgehead atoms. The number of hydrogen-bond acceptors (Lipinski definition) is 3. The molecule has 162 valence electrons. The molecule has 0 spiro atoms. The first-order valence-electron chi connectivity index (χ1n) is 10.9. The number of rotatable bonds is 3. The highest BCUT2D eigenvalue weighted by Crippen LogP contribution is 2.36. The summed E-state index contributed by atoms with van der Waals surface area (Å²) in [6.07, 6.45) is 5.82. The molecular weight excluding hydrogens is 398 g/mol. The number of nitrogens with zero attached hydrogens (tertiary/aromatic N) is 3. The summed E-state index contributed by atoms with van der Waals surface area (Å²) in [7, 11) is -2.03. The average molecular weight is 430 g/mol. The number of sulfonamides is 1. The molecule has 2 aliphatic heterocycles. The van der Waals surface area contributed by atoms with Gasteiger partial charge in [-0.15, -0.1) is 0 Å². The van der Waals surface area contributed by atoms with E-state index in [0.29, 0.717) is 36.6 Å². The second-order valence-electron chi connectivity index (χ2n) is 8.45. The fourth-order valence-corrected chi connectivity index (χ4v) is 6.81. The van der Waals surface area contributed by atoms with Crippen LogP contribution in [0.3, 0.4) is 0 Å². The quantitative estimate of drug-likeness (QED) is 0.746. The van der Waals surface area contributed by atoms with E-state index in [1.165, 1.54) is 4.31 Å². The predicted octanol–water partition coefficient (Wildman–Crippen LogP) is 3.80. The van der Waals surface area contributed by atoms with Gasteiger partial charge in [0.1, 0.15) is 4.90 Å². The second kappa shape index (κ2) is 8.10. The van der Waals surface area contributed by atoms with Crippen LogP contribution in [0.4, 0.5) is 5.69 Å². The Labute approximate surface area is 179 Å². The molecule has 1 aromatic heterocycles. The zero-order valence-electron chi connectivity index (χ0n) is 18.1. The Kier molecular flexibility index (Phi) is 5.66. The summed E-state index contributed by atoms with van der Waals surface area (Å²) in [5.74, 6) is -0.151. The molecular formula is C23H31N3O3S. The lowest BCUT2D eigenvalue weighted by molar-refractivity contribution is 0.0757. The Morgan fingerprint density at radius 2 is 1.57 bits per heavy atom. The summed E-state index contributed by atoms with van der Waals surface area (Å²) >= 11 is 0. The van der Waals surface area contributed by atoms with Gasteiger partial charge in [-0.05, 0) is 51.2 Å². The minimum absolute atomic E-state index is 0.151. The molecule has 4 rings (SSSR count). The van der Waals surface area contributed by atoms with Crippen LogP contribution in [0, 0.1) is 13.8 Å². The van der Waals surface area contributed by atoms with Crippen LogP contribution in [0.2, 0.25) is 0 Å². The molecule has 1 aromatic carbocycles. The van der Waals surface area contributed by atoms with Gasteiger partial charge >= 0.3 is 0 Å². The summed E-state index contributed by atoms with van der Waals surface area (Å²) < 4.78 is 31.3. The topological polar surface area (TPSA) is 62.6 Å². The first kappa shape index (κ1) is 21.0. The highest BCUT2D eigenvalue weighted by atomic mass is 32.2. The third kappa shape index (κ3) is 3.43. The minimum atomic E-state index is -3.87. The monoisotopic (exact) mass is 429 g/mol. The molecule has 0 aliphatic carbocycles. The largest absolute Gasteiger partial charge is 0.350 e. The first-order chi connectivity index (χ1) is 14.3. The van der Waals surface area contributed by atoms with E-state index in [1.807, 2.05) is 47.7 Å². The van der Waals surface area contributed by atoms with E-state index < -0.39 is 10.0 Å². The van der Waals surface area contributed by atoms with Crippen LogP contribution >= 0.6 is 0 Å². The Hall–Kier alpha value is -2.28. The summed E-state index contributed by atoms with van der Waals surface area (Å²) in [5.41, 5.74) is 3.45. The van der Waals surface area contributed by atoms with Gasteiger partial charge in [-0.25, -0.2) is 8.42 Å². The van der Waals surface area contributed by atoms with Crippen molar-refractivity contribution in [2.75, 3.05) is 23.9 Å². The van der Waals surface area contributed by atoms with Crippen molar-refractivity contribution in [2.24, 2.45) is 7.05 Å². The molecule has 2 aromatic rings. The van der Waals surface area contributed by atoms with Gasteiger partial charge < -0.3 is 9.47 Å². The van der Waals surface area contributed by atoms with Crippen molar-refractivity contribution in [1.82, 2.24) is 9.47 Å². The van der Waals surface area contributed by atoms with E-state index in [1.54, 1.807) is 6.92 Å². The van der Waals surface area contributed by atoms with E-state index in [2.05, 4.69) is 0 Å². The van der Waals surface area contributed by atoms with E-state index in [4.69, 9.17) is 0 Å². The number of para-hydroxylation sites is 1. The molecule has 7 heteroatoms. The van der Waals surface area contributed by atoms with Crippen LogP contribution in [0.1, 0.15) is 59.4 Å². The van der Waals surface area contributed by atoms with E-state index in [-0.39, 0.29) is 10.8 Å². The SMILES string of the molecule is Cc1c(C(=O)N2CCCCCC2)c(S(=O)(=O)N2CCCc3ccccc32)c(C)n1C. The molecule has 0 atom stereocenters. The number of fused-ring (bicyclic) bond motifs is 1. The molecule has 0 radical (unpaired) electrons. The van der Waals surface area contributed by atoms with Crippen LogP contribution in [0.5, 0.6) is 0 Å². The normalized spacial score (nSPS) is 17.6. The predicted molar refractivity (Wildman–Crippen MR) is 119 cm³/mol. The van der Waals surface area contributed by atoms with Crippen molar-refractivity contribution < 1.29 is 13.2 Å². The second-order valence-corrected chi connectivity index (χ2v) is 10.2. The molecule has 30 heavy (non-hydrogen) atoms. The van der Waals surface area contributed by atoms with Gasteiger partial charge in [0, 0.05) is 38.1 Å². The fourth-order valence-electron chi connectivity index (χ4n) is 4.78. The minimum Gasteiger partial charge on any atom is -0.350 e. The highest BCUT2D eigenvalue weighted by Gasteiger charge is 2.38. The van der Waals surface area contributed by atoms with E-state index >= 15 is 0 Å². The first-order valence-corrected chi connectivity index (χ1v) is 12.3. The van der Waals surface area contributed by atoms with Crippen molar-refractivity contribution >= 4 is 21.6 Å². The van der Waals surface area contributed by atoms with Gasteiger partial charge in [0.05, 0.1) is 11.3 Å². The average Bonchev–Trinajstić information content (AvgIpc) is 2.93. The van der Waals surface area contributed by atoms with Crippen molar-refractivity contribution in [1.29, 1.82) is 0 Å². The molecule has 2 aliphatic rings. The maximum Gasteiger partial charge on any atom is 0.266 e. The number of aromatic nitrogens is 1. The molecule has 1 saturated heterocycles. The summed E-state index contributed by atoms with van der Waals surface area (Å²) in [5, 5.41) is 0. The van der Waals surface area contributed by atoms with Crippen molar-refractivity contribution in [3.8, 4) is 0 Å². The molecule has 0 N–H and O–H groups in total. The van der Waals surface area contributed by atoms with Gasteiger partial charge in [0.15, 0.2) is 0 Å². The zero-order valence-corrected chi connectivity index (χ0v) is 19.0. The summed E-state index contributed by atoms with van der Waals surface area (Å²) in [4.78, 5) is 15.6. The number of amides is 1. The van der Waals surface area contributed by atoms with Crippen LogP contribution in [0.15, 0.2) is 29.2 Å². The Balaban J connectivity index is 1.83. The number of carbonyl (C=O) groups is 1. The molecule has 1 amide bonds. The number of anilines is 1. The number of hydrogen-bond donors (Lipinski definition) is 0.